The normalized spacial score (nSPS) is 10.1. The predicted octanol–water partition coefficient (Wildman–Crippen LogP) is 0.508. The molecule has 0 saturated carbocycles. The summed E-state index contributed by atoms with van der Waals surface area (Å²) >= 11 is 0. The Bertz CT molecular complexity index is 739. The minimum absolute atomic E-state index is 0.121. The molecule has 3 N–H and O–H groups in total. The van der Waals surface area contributed by atoms with Crippen molar-refractivity contribution in [3.63, 3.8) is 0 Å². The van der Waals surface area contributed by atoms with E-state index < -0.39 is 11.8 Å². The molecule has 26 heavy (non-hydrogen) atoms. The van der Waals surface area contributed by atoms with E-state index in [0.717, 1.165) is 11.3 Å². The van der Waals surface area contributed by atoms with Crippen molar-refractivity contribution in [3.05, 3.63) is 54.0 Å². The fourth-order valence-corrected chi connectivity index (χ4v) is 2.07. The third kappa shape index (κ3) is 5.97. The Morgan fingerprint density at radius 2 is 1.58 bits per heavy atom. The Balaban J connectivity index is 1.64. The van der Waals surface area contributed by atoms with Gasteiger partial charge in [0.05, 0.1) is 19.4 Å². The van der Waals surface area contributed by atoms with Crippen molar-refractivity contribution in [2.45, 2.75) is 6.54 Å². The summed E-state index contributed by atoms with van der Waals surface area (Å²) < 4.78 is 4.91. The van der Waals surface area contributed by atoms with Crippen molar-refractivity contribution < 1.29 is 18.8 Å². The first-order chi connectivity index (χ1) is 12.5. The molecule has 138 valence electrons. The van der Waals surface area contributed by atoms with Crippen LogP contribution in [0.25, 0.3) is 0 Å². The Morgan fingerprint density at radius 3 is 2.19 bits per heavy atom. The molecule has 0 radical (unpaired) electrons. The van der Waals surface area contributed by atoms with Gasteiger partial charge in [0.1, 0.15) is 0 Å². The fourth-order valence-electron chi connectivity index (χ4n) is 2.07. The summed E-state index contributed by atoms with van der Waals surface area (Å²) in [6.07, 6.45) is 1.37. The number of hydrogen-bond donors (Lipinski definition) is 3. The van der Waals surface area contributed by atoms with Crippen LogP contribution in [0.4, 0.5) is 5.69 Å². The number of hydrogen-bond acceptors (Lipinski definition) is 5. The van der Waals surface area contributed by atoms with Crippen molar-refractivity contribution in [2.24, 2.45) is 0 Å². The van der Waals surface area contributed by atoms with Crippen LogP contribution in [-0.2, 0) is 16.1 Å². The van der Waals surface area contributed by atoms with Crippen LogP contribution in [0, 0.1) is 0 Å². The maximum absolute atomic E-state index is 11.8. The van der Waals surface area contributed by atoms with Crippen molar-refractivity contribution in [2.75, 3.05) is 32.1 Å². The van der Waals surface area contributed by atoms with Gasteiger partial charge in [0, 0.05) is 26.3 Å². The fraction of sp³-hybridized carbons (Fsp3) is 0.278. The van der Waals surface area contributed by atoms with Gasteiger partial charge in [0.2, 0.25) is 11.8 Å². The highest BCUT2D eigenvalue weighted by Crippen LogP contribution is 2.11. The molecular weight excluding hydrogens is 336 g/mol. The number of nitrogens with zero attached hydrogens (tertiary/aromatic N) is 1. The molecule has 8 heteroatoms. The van der Waals surface area contributed by atoms with E-state index in [0.29, 0.717) is 6.54 Å². The lowest BCUT2D eigenvalue weighted by molar-refractivity contribution is -0.125. The monoisotopic (exact) mass is 358 g/mol. The highest BCUT2D eigenvalue weighted by molar-refractivity contribution is 5.94. The SMILES string of the molecule is CN(C)c1ccc(CNC(=O)CNC(=O)CNC(=O)c2ccco2)cc1. The number of rotatable bonds is 8. The lowest BCUT2D eigenvalue weighted by atomic mass is 10.2. The van der Waals surface area contributed by atoms with E-state index in [9.17, 15) is 14.4 Å². The highest BCUT2D eigenvalue weighted by Gasteiger charge is 2.11. The number of carbonyl (C=O) groups is 3. The van der Waals surface area contributed by atoms with Crippen LogP contribution in [0.3, 0.4) is 0 Å². The van der Waals surface area contributed by atoms with Crippen molar-refractivity contribution in [1.29, 1.82) is 0 Å². The first kappa shape index (κ1) is 19.0. The number of anilines is 1. The van der Waals surface area contributed by atoms with Crippen molar-refractivity contribution in [3.8, 4) is 0 Å². The average molecular weight is 358 g/mol. The van der Waals surface area contributed by atoms with Crippen molar-refractivity contribution >= 4 is 23.4 Å². The van der Waals surface area contributed by atoms with Gasteiger partial charge in [-0.05, 0) is 29.8 Å². The summed E-state index contributed by atoms with van der Waals surface area (Å²) in [6.45, 7) is -0.0261. The molecule has 0 saturated heterocycles. The smallest absolute Gasteiger partial charge is 0.287 e. The van der Waals surface area contributed by atoms with Gasteiger partial charge in [-0.15, -0.1) is 0 Å². The third-order valence-corrected chi connectivity index (χ3v) is 3.54. The van der Waals surface area contributed by atoms with Gasteiger partial charge in [0.15, 0.2) is 5.76 Å². The molecule has 0 atom stereocenters. The lowest BCUT2D eigenvalue weighted by Gasteiger charge is -2.13. The van der Waals surface area contributed by atoms with Crippen LogP contribution in [-0.4, -0.2) is 44.9 Å². The molecule has 0 fully saturated rings. The molecule has 2 rings (SSSR count). The van der Waals surface area contributed by atoms with E-state index in [1.807, 2.05) is 43.3 Å². The summed E-state index contributed by atoms with van der Waals surface area (Å²) in [4.78, 5) is 37.0. The molecule has 8 nitrogen and oxygen atoms in total. The van der Waals surface area contributed by atoms with E-state index in [-0.39, 0.29) is 24.8 Å². The largest absolute Gasteiger partial charge is 0.459 e. The molecule has 2 aromatic rings. The first-order valence-corrected chi connectivity index (χ1v) is 8.07. The van der Waals surface area contributed by atoms with Gasteiger partial charge in [-0.2, -0.15) is 0 Å². The molecule has 1 aromatic heterocycles. The zero-order valence-corrected chi connectivity index (χ0v) is 14.7. The zero-order chi connectivity index (χ0) is 18.9. The van der Waals surface area contributed by atoms with Gasteiger partial charge >= 0.3 is 0 Å². The lowest BCUT2D eigenvalue weighted by Crippen LogP contribution is -2.41. The van der Waals surface area contributed by atoms with Crippen LogP contribution >= 0.6 is 0 Å². The van der Waals surface area contributed by atoms with Crippen LogP contribution in [0.1, 0.15) is 16.1 Å². The second-order valence-electron chi connectivity index (χ2n) is 5.77. The molecular formula is C18H22N4O4. The topological polar surface area (TPSA) is 104 Å². The molecule has 0 aliphatic carbocycles. The maximum Gasteiger partial charge on any atom is 0.287 e. The highest BCUT2D eigenvalue weighted by atomic mass is 16.3. The summed E-state index contributed by atoms with van der Waals surface area (Å²) in [5, 5.41) is 7.56. The molecule has 0 aliphatic heterocycles. The quantitative estimate of drug-likeness (QED) is 0.638. The minimum Gasteiger partial charge on any atom is -0.459 e. The van der Waals surface area contributed by atoms with Gasteiger partial charge in [0.25, 0.3) is 5.91 Å². The van der Waals surface area contributed by atoms with Gasteiger partial charge < -0.3 is 25.3 Å². The predicted molar refractivity (Wildman–Crippen MR) is 96.7 cm³/mol. The second-order valence-corrected chi connectivity index (χ2v) is 5.77. The Morgan fingerprint density at radius 1 is 0.923 bits per heavy atom. The van der Waals surface area contributed by atoms with Crippen molar-refractivity contribution in [1.82, 2.24) is 16.0 Å². The van der Waals surface area contributed by atoms with E-state index in [2.05, 4.69) is 16.0 Å². The maximum atomic E-state index is 11.8. The Labute approximate surface area is 151 Å². The molecule has 1 aromatic carbocycles. The summed E-state index contributed by atoms with van der Waals surface area (Å²) in [7, 11) is 3.91. The summed E-state index contributed by atoms with van der Waals surface area (Å²) in [6, 6.07) is 10.9. The van der Waals surface area contributed by atoms with E-state index >= 15 is 0 Å². The van der Waals surface area contributed by atoms with Gasteiger partial charge in [-0.1, -0.05) is 12.1 Å². The molecule has 0 aliphatic rings. The number of carbonyl (C=O) groups excluding carboxylic acids is 3. The van der Waals surface area contributed by atoms with Crippen LogP contribution in [0.5, 0.6) is 0 Å². The second kappa shape index (κ2) is 9.26. The Hall–Kier alpha value is -3.29. The van der Waals surface area contributed by atoms with Crippen LogP contribution < -0.4 is 20.9 Å². The minimum atomic E-state index is -0.490. The number of amides is 3. The molecule has 0 bridgehead atoms. The van der Waals surface area contributed by atoms with Gasteiger partial charge in [-0.3, -0.25) is 14.4 Å². The van der Waals surface area contributed by atoms with E-state index in [4.69, 9.17) is 4.42 Å². The number of furan rings is 1. The van der Waals surface area contributed by atoms with Crippen LogP contribution in [0.15, 0.2) is 47.1 Å². The molecule has 1 heterocycles. The summed E-state index contributed by atoms with van der Waals surface area (Å²) in [5.74, 6) is -1.14. The standard InChI is InChI=1S/C18H22N4O4/c1-22(2)14-7-5-13(6-8-14)10-19-16(23)11-20-17(24)12-21-18(25)15-4-3-9-26-15/h3-9H,10-12H2,1-2H3,(H,19,23)(H,20,24)(H,21,25). The molecule has 0 spiro atoms. The van der Waals surface area contributed by atoms with Crippen LogP contribution in [0.2, 0.25) is 0 Å². The van der Waals surface area contributed by atoms with E-state index in [1.165, 1.54) is 12.3 Å². The van der Waals surface area contributed by atoms with Gasteiger partial charge in [-0.25, -0.2) is 0 Å². The first-order valence-electron chi connectivity index (χ1n) is 8.07. The third-order valence-electron chi connectivity index (χ3n) is 3.54. The van der Waals surface area contributed by atoms with E-state index in [1.54, 1.807) is 6.07 Å². The summed E-state index contributed by atoms with van der Waals surface area (Å²) in [5.41, 5.74) is 2.03. The molecule has 3 amide bonds. The number of nitrogens with one attached hydrogen (secondary N) is 3. The zero-order valence-electron chi connectivity index (χ0n) is 14.7. The number of benzene rings is 1. The average Bonchev–Trinajstić information content (AvgIpc) is 3.17. The molecule has 0 unspecified atom stereocenters. The Kier molecular flexibility index (Phi) is 6.78.